The Balaban J connectivity index is 1.87. The Hall–Kier alpha value is -2.36. The Morgan fingerprint density at radius 3 is 2.85 bits per heavy atom. The van der Waals surface area contributed by atoms with Crippen molar-refractivity contribution in [2.75, 3.05) is 23.8 Å². The molecule has 0 saturated heterocycles. The number of carbonyl (C=O) groups is 1. The second-order valence-corrected chi connectivity index (χ2v) is 4.90. The molecule has 102 valence electrons. The molecule has 0 spiro atoms. The molecule has 1 amide bonds. The SMILES string of the molecule is CN(C(=O)C1CNc2ccccc21)c1cccc(F)c1. The highest BCUT2D eigenvalue weighted by atomic mass is 19.1. The third-order valence-electron chi connectivity index (χ3n) is 3.66. The van der Waals surface area contributed by atoms with Gasteiger partial charge in [0.05, 0.1) is 5.92 Å². The molecule has 1 aliphatic heterocycles. The van der Waals surface area contributed by atoms with Gasteiger partial charge >= 0.3 is 0 Å². The summed E-state index contributed by atoms with van der Waals surface area (Å²) in [5.74, 6) is -0.598. The second-order valence-electron chi connectivity index (χ2n) is 4.90. The molecule has 0 aliphatic carbocycles. The maximum atomic E-state index is 13.3. The first kappa shape index (κ1) is 12.7. The Morgan fingerprint density at radius 1 is 1.25 bits per heavy atom. The molecule has 1 aliphatic rings. The summed E-state index contributed by atoms with van der Waals surface area (Å²) in [5.41, 5.74) is 2.57. The van der Waals surface area contributed by atoms with E-state index in [1.807, 2.05) is 24.3 Å². The smallest absolute Gasteiger partial charge is 0.236 e. The quantitative estimate of drug-likeness (QED) is 0.909. The molecular weight excluding hydrogens is 255 g/mol. The minimum atomic E-state index is -0.341. The zero-order chi connectivity index (χ0) is 14.1. The Labute approximate surface area is 117 Å². The highest BCUT2D eigenvalue weighted by molar-refractivity contribution is 5.99. The van der Waals surface area contributed by atoms with Crippen LogP contribution >= 0.6 is 0 Å². The highest BCUT2D eigenvalue weighted by Gasteiger charge is 2.30. The van der Waals surface area contributed by atoms with Crippen molar-refractivity contribution in [1.29, 1.82) is 0 Å². The minimum absolute atomic E-state index is 0.0342. The van der Waals surface area contributed by atoms with Crippen LogP contribution in [0.5, 0.6) is 0 Å². The van der Waals surface area contributed by atoms with Crippen LogP contribution < -0.4 is 10.2 Å². The summed E-state index contributed by atoms with van der Waals surface area (Å²) >= 11 is 0. The summed E-state index contributed by atoms with van der Waals surface area (Å²) in [4.78, 5) is 14.1. The Bertz CT molecular complexity index is 656. The van der Waals surface area contributed by atoms with Crippen LogP contribution in [0.15, 0.2) is 48.5 Å². The van der Waals surface area contributed by atoms with Crippen molar-refractivity contribution in [3.8, 4) is 0 Å². The fraction of sp³-hybridized carbons (Fsp3) is 0.188. The van der Waals surface area contributed by atoms with E-state index in [0.29, 0.717) is 12.2 Å². The molecule has 0 bridgehead atoms. The van der Waals surface area contributed by atoms with Gasteiger partial charge < -0.3 is 10.2 Å². The van der Waals surface area contributed by atoms with Gasteiger partial charge in [0.15, 0.2) is 0 Å². The topological polar surface area (TPSA) is 32.3 Å². The molecule has 4 heteroatoms. The number of anilines is 2. The van der Waals surface area contributed by atoms with Gasteiger partial charge in [-0.2, -0.15) is 0 Å². The van der Waals surface area contributed by atoms with E-state index in [1.54, 1.807) is 19.2 Å². The first-order chi connectivity index (χ1) is 9.66. The monoisotopic (exact) mass is 270 g/mol. The molecule has 2 aromatic carbocycles. The fourth-order valence-corrected chi connectivity index (χ4v) is 2.55. The van der Waals surface area contributed by atoms with Crippen molar-refractivity contribution in [1.82, 2.24) is 0 Å². The molecular formula is C16H15FN2O. The summed E-state index contributed by atoms with van der Waals surface area (Å²) in [7, 11) is 1.68. The van der Waals surface area contributed by atoms with Gasteiger partial charge in [0, 0.05) is 25.0 Å². The largest absolute Gasteiger partial charge is 0.384 e. The van der Waals surface area contributed by atoms with E-state index in [0.717, 1.165) is 11.3 Å². The highest BCUT2D eigenvalue weighted by Crippen LogP contribution is 2.33. The average molecular weight is 270 g/mol. The van der Waals surface area contributed by atoms with E-state index in [4.69, 9.17) is 0 Å². The summed E-state index contributed by atoms with van der Waals surface area (Å²) in [6.07, 6.45) is 0. The van der Waals surface area contributed by atoms with Crippen LogP contribution in [0.4, 0.5) is 15.8 Å². The fourth-order valence-electron chi connectivity index (χ4n) is 2.55. The third kappa shape index (κ3) is 2.13. The first-order valence-corrected chi connectivity index (χ1v) is 6.53. The molecule has 2 aromatic rings. The predicted molar refractivity (Wildman–Crippen MR) is 77.5 cm³/mol. The van der Waals surface area contributed by atoms with Crippen LogP contribution in [-0.2, 0) is 4.79 Å². The normalized spacial score (nSPS) is 16.4. The second kappa shape index (κ2) is 4.96. The van der Waals surface area contributed by atoms with Gasteiger partial charge in [0.2, 0.25) is 5.91 Å². The van der Waals surface area contributed by atoms with Crippen molar-refractivity contribution in [2.45, 2.75) is 5.92 Å². The Kier molecular flexibility index (Phi) is 3.14. The maximum absolute atomic E-state index is 13.3. The summed E-state index contributed by atoms with van der Waals surface area (Å²) in [6, 6.07) is 13.9. The molecule has 0 fully saturated rings. The molecule has 3 rings (SSSR count). The van der Waals surface area contributed by atoms with Gasteiger partial charge in [0.25, 0.3) is 0 Å². The average Bonchev–Trinajstić information content (AvgIpc) is 2.89. The lowest BCUT2D eigenvalue weighted by Gasteiger charge is -2.21. The van der Waals surface area contributed by atoms with Crippen molar-refractivity contribution in [2.24, 2.45) is 0 Å². The number of nitrogens with one attached hydrogen (secondary N) is 1. The number of para-hydroxylation sites is 1. The maximum Gasteiger partial charge on any atom is 0.236 e. The van der Waals surface area contributed by atoms with E-state index in [9.17, 15) is 9.18 Å². The lowest BCUT2D eigenvalue weighted by Crippen LogP contribution is -2.32. The third-order valence-corrected chi connectivity index (χ3v) is 3.66. The zero-order valence-corrected chi connectivity index (χ0v) is 11.1. The zero-order valence-electron chi connectivity index (χ0n) is 11.1. The number of benzene rings is 2. The van der Waals surface area contributed by atoms with Crippen molar-refractivity contribution in [3.63, 3.8) is 0 Å². The number of hydrogen-bond acceptors (Lipinski definition) is 2. The van der Waals surface area contributed by atoms with Gasteiger partial charge in [-0.05, 0) is 29.8 Å². The van der Waals surface area contributed by atoms with Gasteiger partial charge in [-0.1, -0.05) is 24.3 Å². The number of nitrogens with zero attached hydrogens (tertiary/aromatic N) is 1. The predicted octanol–water partition coefficient (Wildman–Crippen LogP) is 3.00. The van der Waals surface area contributed by atoms with E-state index in [-0.39, 0.29) is 17.6 Å². The summed E-state index contributed by atoms with van der Waals surface area (Å²) in [5, 5.41) is 3.23. The van der Waals surface area contributed by atoms with Crippen LogP contribution in [0.3, 0.4) is 0 Å². The number of amides is 1. The molecule has 1 N–H and O–H groups in total. The van der Waals surface area contributed by atoms with Crippen molar-refractivity contribution >= 4 is 17.3 Å². The van der Waals surface area contributed by atoms with Crippen LogP contribution in [0, 0.1) is 5.82 Å². The van der Waals surface area contributed by atoms with Crippen LogP contribution in [0.2, 0.25) is 0 Å². The first-order valence-electron chi connectivity index (χ1n) is 6.53. The van der Waals surface area contributed by atoms with Crippen LogP contribution in [-0.4, -0.2) is 19.5 Å². The lowest BCUT2D eigenvalue weighted by molar-refractivity contribution is -0.119. The Morgan fingerprint density at radius 2 is 2.05 bits per heavy atom. The number of halogens is 1. The van der Waals surface area contributed by atoms with E-state index < -0.39 is 0 Å². The lowest BCUT2D eigenvalue weighted by atomic mass is 10.00. The molecule has 3 nitrogen and oxygen atoms in total. The van der Waals surface area contributed by atoms with Crippen molar-refractivity contribution < 1.29 is 9.18 Å². The summed E-state index contributed by atoms with van der Waals surface area (Å²) < 4.78 is 13.3. The van der Waals surface area contributed by atoms with Gasteiger partial charge in [-0.25, -0.2) is 4.39 Å². The number of hydrogen-bond donors (Lipinski definition) is 1. The number of fused-ring (bicyclic) bond motifs is 1. The molecule has 0 aromatic heterocycles. The van der Waals surface area contributed by atoms with Gasteiger partial charge in [-0.3, -0.25) is 4.79 Å². The number of rotatable bonds is 2. The molecule has 1 unspecified atom stereocenters. The number of likely N-dealkylation sites (N-methyl/N-ethyl adjacent to an activating group) is 1. The minimum Gasteiger partial charge on any atom is -0.384 e. The molecule has 0 saturated carbocycles. The van der Waals surface area contributed by atoms with E-state index in [2.05, 4.69) is 5.32 Å². The van der Waals surface area contributed by atoms with Crippen molar-refractivity contribution in [3.05, 3.63) is 59.9 Å². The van der Waals surface area contributed by atoms with Crippen LogP contribution in [0.1, 0.15) is 11.5 Å². The van der Waals surface area contributed by atoms with Crippen LogP contribution in [0.25, 0.3) is 0 Å². The molecule has 1 heterocycles. The summed E-state index contributed by atoms with van der Waals surface area (Å²) in [6.45, 7) is 0.581. The number of carbonyl (C=O) groups excluding carboxylic acids is 1. The molecule has 1 atom stereocenters. The standard InChI is InChI=1S/C16H15FN2O/c1-19(12-6-4-5-11(17)9-12)16(20)14-10-18-15-8-3-2-7-13(14)15/h2-9,14,18H,10H2,1H3. The van der Waals surface area contributed by atoms with Gasteiger partial charge in [-0.15, -0.1) is 0 Å². The van der Waals surface area contributed by atoms with E-state index >= 15 is 0 Å². The molecule has 20 heavy (non-hydrogen) atoms. The van der Waals surface area contributed by atoms with Gasteiger partial charge in [0.1, 0.15) is 5.82 Å². The van der Waals surface area contributed by atoms with E-state index in [1.165, 1.54) is 17.0 Å². The molecule has 0 radical (unpaired) electrons.